The fraction of sp³-hybridized carbons (Fsp3) is 0. The van der Waals surface area contributed by atoms with E-state index in [2.05, 4.69) is 16.5 Å². The van der Waals surface area contributed by atoms with Crippen molar-refractivity contribution in [3.05, 3.63) is 0 Å². The predicted molar refractivity (Wildman–Crippen MR) is 23.3 cm³/mol. The Morgan fingerprint density at radius 2 is 1.00 bits per heavy atom. The summed E-state index contributed by atoms with van der Waals surface area (Å²) in [5, 5.41) is 0. The third-order valence-electron chi connectivity index (χ3n) is 0. The first kappa shape index (κ1) is 18.5. The molecule has 0 nitrogen and oxygen atoms in total. The molecule has 4 heteroatoms. The molecule has 2 unspecified atom stereocenters. The van der Waals surface area contributed by atoms with Gasteiger partial charge in [0.1, 0.15) is 0 Å². The zero-order valence-corrected chi connectivity index (χ0v) is 5.86. The van der Waals surface area contributed by atoms with E-state index in [0.29, 0.717) is 0 Å². The molecule has 0 aliphatic heterocycles. The summed E-state index contributed by atoms with van der Waals surface area (Å²) in [7, 11) is 0. The van der Waals surface area contributed by atoms with Crippen molar-refractivity contribution in [2.24, 2.45) is 0 Å². The van der Waals surface area contributed by atoms with Crippen LogP contribution in [-0.2, 0) is 16.5 Å². The van der Waals surface area contributed by atoms with Crippen molar-refractivity contribution >= 4 is 19.8 Å². The van der Waals surface area contributed by atoms with Crippen LogP contribution in [0.15, 0.2) is 0 Å². The molecule has 34 valence electrons. The number of hydrogen-bond acceptors (Lipinski definition) is 0. The third-order valence-corrected chi connectivity index (χ3v) is 0. The number of rotatable bonds is 0. The van der Waals surface area contributed by atoms with Gasteiger partial charge in [0.25, 0.3) is 0 Å². The van der Waals surface area contributed by atoms with Gasteiger partial charge in [0.2, 0.25) is 0 Å². The van der Waals surface area contributed by atoms with Crippen molar-refractivity contribution in [1.29, 1.82) is 0 Å². The summed E-state index contributed by atoms with van der Waals surface area (Å²) in [6.07, 6.45) is 0. The van der Waals surface area contributed by atoms with E-state index in [1.165, 1.54) is 0 Å². The molecule has 2 atom stereocenters. The Bertz CT molecular complexity index is 6.00. The molecule has 0 saturated carbocycles. The quantitative estimate of drug-likeness (QED) is 0.349. The fourth-order valence-corrected chi connectivity index (χ4v) is 0. The van der Waals surface area contributed by atoms with Gasteiger partial charge >= 0.3 is 20.0 Å². The molecule has 0 bridgehead atoms. The Kier molecular flexibility index (Phi) is 127. The molecule has 4 heavy (non-hydrogen) atoms. The van der Waals surface area contributed by atoms with Gasteiger partial charge in [-0.05, 0) is 0 Å². The summed E-state index contributed by atoms with van der Waals surface area (Å²) >= 11 is 2.69. The van der Waals surface area contributed by atoms with Crippen LogP contribution in [0.2, 0.25) is 0 Å². The standard InChI is InChI=1S/Cu.FH.2H3P/h;1H;2*1H3/q+1;;;/p-1. The van der Waals surface area contributed by atoms with Gasteiger partial charge in [-0.25, -0.2) is 0 Å². The molecule has 0 aromatic heterocycles. The number of halogens is 1. The normalized spacial score (nSPS) is 1.75. The Hall–Kier alpha value is 1.31. The summed E-state index contributed by atoms with van der Waals surface area (Å²) in [6, 6.07) is 0. The topological polar surface area (TPSA) is 0 Å². The summed E-state index contributed by atoms with van der Waals surface area (Å²) in [6.45, 7) is 0. The Balaban J connectivity index is -0.00000000500. The molecular formula is H6CuFP2. The maximum atomic E-state index is 9.06. The second-order valence-corrected chi connectivity index (χ2v) is 0. The van der Waals surface area contributed by atoms with E-state index in [0.717, 1.165) is 0 Å². The zero-order valence-electron chi connectivity index (χ0n) is 2.09. The minimum absolute atomic E-state index is 0. The van der Waals surface area contributed by atoms with Crippen LogP contribution in [0.3, 0.4) is 0 Å². The summed E-state index contributed by atoms with van der Waals surface area (Å²) in [5.74, 6) is 0. The second-order valence-electron chi connectivity index (χ2n) is 0. The Morgan fingerprint density at radius 1 is 1.00 bits per heavy atom. The molecule has 0 saturated heterocycles. The van der Waals surface area contributed by atoms with E-state index in [9.17, 15) is 0 Å². The molecule has 0 amide bonds. The van der Waals surface area contributed by atoms with Crippen LogP contribution in [0.5, 0.6) is 0 Å². The van der Waals surface area contributed by atoms with Gasteiger partial charge in [0, 0.05) is 0 Å². The van der Waals surface area contributed by atoms with Gasteiger partial charge in [-0.2, -0.15) is 19.8 Å². The van der Waals surface area contributed by atoms with E-state index in [1.54, 1.807) is 0 Å². The van der Waals surface area contributed by atoms with Crippen molar-refractivity contribution < 1.29 is 20.0 Å². The van der Waals surface area contributed by atoms with E-state index in [4.69, 9.17) is 3.55 Å². The predicted octanol–water partition coefficient (Wildman–Crippen LogP) is 0.534. The van der Waals surface area contributed by atoms with Crippen molar-refractivity contribution in [2.75, 3.05) is 0 Å². The molecule has 0 aliphatic carbocycles. The van der Waals surface area contributed by atoms with Gasteiger partial charge in [0.15, 0.2) is 0 Å². The van der Waals surface area contributed by atoms with Crippen LogP contribution in [0, 0.1) is 0 Å². The first-order valence-electron chi connectivity index (χ1n) is 0.114. The van der Waals surface area contributed by atoms with Gasteiger partial charge in [-0.15, -0.1) is 0 Å². The molecule has 0 spiro atoms. The van der Waals surface area contributed by atoms with E-state index >= 15 is 0 Å². The molecule has 0 aromatic rings. The fourth-order valence-electron chi connectivity index (χ4n) is 0. The molecule has 0 aliphatic rings. The molecular weight excluding hydrogens is 144 g/mol. The molecule has 0 aromatic carbocycles. The molecule has 0 heterocycles. The monoisotopic (exact) mass is 150 g/mol. The van der Waals surface area contributed by atoms with Gasteiger partial charge in [-0.3, -0.25) is 0 Å². The Morgan fingerprint density at radius 3 is 1.00 bits per heavy atom. The molecule has 0 fully saturated rings. The van der Waals surface area contributed by atoms with Crippen LogP contribution in [0.25, 0.3) is 0 Å². The Labute approximate surface area is 40.4 Å². The zero-order chi connectivity index (χ0) is 2.00. The van der Waals surface area contributed by atoms with Crippen LogP contribution < -0.4 is 0 Å². The number of hydrogen-bond donors (Lipinski definition) is 0. The van der Waals surface area contributed by atoms with Crippen molar-refractivity contribution in [3.8, 4) is 0 Å². The van der Waals surface area contributed by atoms with E-state index in [1.807, 2.05) is 0 Å². The molecule has 0 rings (SSSR count). The average Bonchev–Trinajstić information content (AvgIpc) is 1.00. The first-order valence-corrected chi connectivity index (χ1v) is 0.470. The van der Waals surface area contributed by atoms with Crippen LogP contribution in [-0.4, -0.2) is 0 Å². The van der Waals surface area contributed by atoms with Crippen molar-refractivity contribution in [3.63, 3.8) is 0 Å². The van der Waals surface area contributed by atoms with Gasteiger partial charge in [-0.1, -0.05) is 0 Å². The summed E-state index contributed by atoms with van der Waals surface area (Å²) in [4.78, 5) is 0. The first-order chi connectivity index (χ1) is 1.00. The maximum absolute atomic E-state index is 9.06. The SMILES string of the molecule is P.P.[F][Cu]. The van der Waals surface area contributed by atoms with E-state index in [-0.39, 0.29) is 19.8 Å². The van der Waals surface area contributed by atoms with Crippen LogP contribution >= 0.6 is 19.8 Å². The second kappa shape index (κ2) is 27.5. The third kappa shape index (κ3) is 10.3. The van der Waals surface area contributed by atoms with Gasteiger partial charge < -0.3 is 0 Å². The summed E-state index contributed by atoms with van der Waals surface area (Å²) < 4.78 is 9.06. The summed E-state index contributed by atoms with van der Waals surface area (Å²) in [5.41, 5.74) is 0. The van der Waals surface area contributed by atoms with Crippen LogP contribution in [0.1, 0.15) is 0 Å². The molecule has 0 radical (unpaired) electrons. The average molecular weight is 151 g/mol. The molecule has 0 N–H and O–H groups in total. The van der Waals surface area contributed by atoms with Crippen molar-refractivity contribution in [2.45, 2.75) is 0 Å². The minimum atomic E-state index is 0. The van der Waals surface area contributed by atoms with Crippen molar-refractivity contribution in [1.82, 2.24) is 0 Å². The van der Waals surface area contributed by atoms with Crippen LogP contribution in [0.4, 0.5) is 3.55 Å². The van der Waals surface area contributed by atoms with E-state index < -0.39 is 0 Å². The van der Waals surface area contributed by atoms with Gasteiger partial charge in [0.05, 0.1) is 0 Å².